The number of nitrogens with two attached hydrogens (primary N) is 5. The van der Waals surface area contributed by atoms with Crippen LogP contribution in [0.2, 0.25) is 0 Å². The van der Waals surface area contributed by atoms with Gasteiger partial charge in [0.05, 0.1) is 37.1 Å². The van der Waals surface area contributed by atoms with E-state index in [9.17, 15) is 33.8 Å². The number of hydrogen-bond donors (Lipinski definition) is 15. The minimum Gasteiger partial charge on any atom is -0.394 e. The summed E-state index contributed by atoms with van der Waals surface area (Å²) in [6.45, 7) is 17.7. The molecule has 22 unspecified atom stereocenters. The molecule has 0 amide bonds. The maximum absolute atomic E-state index is 11.4. The topological polar surface area (TPSA) is 683 Å². The van der Waals surface area contributed by atoms with Crippen molar-refractivity contribution in [3.8, 4) is 0 Å². The second-order valence-electron chi connectivity index (χ2n) is 27.7. The predicted octanol–water partition coefficient (Wildman–Crippen LogP) is -1.24. The Bertz CT molecular complexity index is 4170. The third-order valence-electron chi connectivity index (χ3n) is 17.5. The lowest BCUT2D eigenvalue weighted by molar-refractivity contribution is -0.201. The molecule has 46 nitrogen and oxygen atoms in total. The normalized spacial score (nSPS) is 32.8. The molecule has 108 heavy (non-hydrogen) atoms. The van der Waals surface area contributed by atoms with E-state index in [0.29, 0.717) is 19.0 Å². The third kappa shape index (κ3) is 19.8. The van der Waals surface area contributed by atoms with Crippen LogP contribution in [0.25, 0.3) is 0 Å². The molecule has 20 N–H and O–H groups in total. The number of carbonyl (C=O) groups excluding carboxylic acids is 1. The van der Waals surface area contributed by atoms with E-state index >= 15 is 0 Å². The highest BCUT2D eigenvalue weighted by molar-refractivity contribution is 7.51. The molecule has 9 fully saturated rings. The molecular formula is C58H91ClN25O21P3+2. The second kappa shape index (κ2) is 33.6. The lowest BCUT2D eigenvalue weighted by atomic mass is 10.1. The minimum atomic E-state index is -4.22. The predicted molar refractivity (Wildman–Crippen MR) is 373 cm³/mol. The fourth-order valence-electron chi connectivity index (χ4n) is 13.1. The summed E-state index contributed by atoms with van der Waals surface area (Å²) in [6, 6.07) is -0.141. The van der Waals surface area contributed by atoms with Crippen LogP contribution in [-0.2, 0) is 75.3 Å². The summed E-state index contributed by atoms with van der Waals surface area (Å²) in [5.74, 6) is -2.23. The van der Waals surface area contributed by atoms with Crippen LogP contribution in [0, 0.1) is 33.0 Å². The van der Waals surface area contributed by atoms with Crippen molar-refractivity contribution < 1.29 is 100 Å². The van der Waals surface area contributed by atoms with Gasteiger partial charge in [-0.15, -0.1) is 37.9 Å². The molecule has 8 saturated heterocycles. The van der Waals surface area contributed by atoms with Gasteiger partial charge in [0.25, 0.3) is 0 Å². The summed E-state index contributed by atoms with van der Waals surface area (Å²) in [5, 5.41) is 86.1. The van der Waals surface area contributed by atoms with E-state index in [1.54, 1.807) is 43.8 Å². The summed E-state index contributed by atoms with van der Waals surface area (Å²) < 4.78 is 111. The zero-order valence-corrected chi connectivity index (χ0v) is 63.5. The van der Waals surface area contributed by atoms with Gasteiger partial charge in [-0.05, 0) is 74.3 Å². The van der Waals surface area contributed by atoms with Crippen molar-refractivity contribution in [2.45, 2.75) is 214 Å². The van der Waals surface area contributed by atoms with Gasteiger partial charge in [-0.1, -0.05) is 9.13 Å². The molecule has 8 aliphatic heterocycles. The van der Waals surface area contributed by atoms with Crippen molar-refractivity contribution in [1.29, 1.82) is 27.0 Å². The van der Waals surface area contributed by atoms with Crippen LogP contribution in [0.5, 0.6) is 0 Å². The first-order valence-electron chi connectivity index (χ1n) is 33.3. The lowest BCUT2D eigenvalue weighted by Crippen LogP contribution is -2.32. The molecule has 594 valence electrons. The monoisotopic (exact) mass is 1600 g/mol. The first kappa shape index (κ1) is 84.5. The Hall–Kier alpha value is -7.50. The van der Waals surface area contributed by atoms with E-state index in [1.165, 1.54) is 45.7 Å². The Morgan fingerprint density at radius 2 is 0.870 bits per heavy atom. The molecule has 13 heterocycles. The van der Waals surface area contributed by atoms with Gasteiger partial charge < -0.3 is 115 Å². The number of halogens is 1. The highest BCUT2D eigenvalue weighted by Gasteiger charge is 2.60. The van der Waals surface area contributed by atoms with Gasteiger partial charge in [-0.3, -0.25) is 31.6 Å². The van der Waals surface area contributed by atoms with E-state index in [4.69, 9.17) is 122 Å². The van der Waals surface area contributed by atoms with Gasteiger partial charge in [0, 0.05) is 12.3 Å². The number of ether oxygens (including phenoxy) is 12. The number of nitrogens with zero attached hydrogens (tertiary/aromatic N) is 15. The molecule has 0 bridgehead atoms. The van der Waals surface area contributed by atoms with Crippen molar-refractivity contribution in [3.63, 3.8) is 0 Å². The summed E-state index contributed by atoms with van der Waals surface area (Å²) in [5.41, 5.74) is 26.7. The van der Waals surface area contributed by atoms with E-state index < -0.39 is 120 Å². The molecular weight excluding hydrogens is 1510 g/mol. The number of fused-ring (bicyclic) bond motifs is 4. The number of aliphatic hydroxyl groups is 3. The van der Waals surface area contributed by atoms with Crippen molar-refractivity contribution >= 4 is 71.1 Å². The van der Waals surface area contributed by atoms with E-state index in [0.717, 1.165) is 11.0 Å². The minimum absolute atomic E-state index is 0. The Kier molecular flexibility index (Phi) is 26.3. The molecule has 14 rings (SSSR count). The molecule has 1 saturated carbocycles. The van der Waals surface area contributed by atoms with Crippen molar-refractivity contribution in [1.82, 2.24) is 73.8 Å². The molecule has 1 aliphatic carbocycles. The van der Waals surface area contributed by atoms with Gasteiger partial charge in [0.2, 0.25) is 29.1 Å². The largest absolute Gasteiger partial charge is 0.394 e. The van der Waals surface area contributed by atoms with Crippen LogP contribution >= 0.6 is 35.6 Å². The number of carbonyl (C=O) groups is 1. The van der Waals surface area contributed by atoms with Gasteiger partial charge >= 0.3 is 23.2 Å². The summed E-state index contributed by atoms with van der Waals surface area (Å²) in [6.07, 6.45) is 0.803. The zero-order chi connectivity index (χ0) is 78.3. The number of rotatable bonds is 20. The Morgan fingerprint density at radius 3 is 1.27 bits per heavy atom. The summed E-state index contributed by atoms with van der Waals surface area (Å²) in [4.78, 5) is 48.5. The average molecular weight is 1600 g/mol. The summed E-state index contributed by atoms with van der Waals surface area (Å²) in [7, 11) is -6.87. The third-order valence-corrected chi connectivity index (χ3v) is 19.9. The number of hydrogen-bond acceptors (Lipinski definition) is 34. The number of aromatic nitrogens is 15. The maximum atomic E-state index is 11.4. The highest BCUT2D eigenvalue weighted by Crippen LogP contribution is 2.49. The van der Waals surface area contributed by atoms with Crippen LogP contribution in [0.15, 0.2) is 43.5 Å². The van der Waals surface area contributed by atoms with Crippen LogP contribution in [0.1, 0.15) is 135 Å². The number of amidine groups is 5. The molecule has 9 aliphatic rings. The first-order valence-corrected chi connectivity index (χ1v) is 38.8. The van der Waals surface area contributed by atoms with Crippen LogP contribution < -0.4 is 28.7 Å². The van der Waals surface area contributed by atoms with Crippen molar-refractivity contribution in [2.75, 3.05) is 32.3 Å². The molecule has 0 aromatic carbocycles. The number of nitrogens with one attached hydrogen (secondary N) is 5. The van der Waals surface area contributed by atoms with Crippen LogP contribution in [0.3, 0.4) is 0 Å². The molecule has 5 aromatic heterocycles. The van der Waals surface area contributed by atoms with Gasteiger partial charge in [0.1, 0.15) is 125 Å². The first-order chi connectivity index (χ1) is 50.0. The standard InChI is InChI=1S/C13H21N5O4P.C13H19N5O4P.C12H17N5O3.C11H17N5O4.C9H16N5O6P.ClH/c2*1-13(2)21-8-7(4-5-23(3)19)20-12(9(8)22-13)18-6-16-11(17-18)10(14)15;1-12(2)19-8-6(4-18)3-7(9(8)20-12)17-5-15-11(16-17)10(13)14;1-11(2)19-6-5(3-17)18-10(7(6)20-11)16-4-14-9(15-16)8(12)13;10-7(11)8-12-3-14(13-8)9-6(16)5(15)4(20-9)1-2-21(17,18)19;/h6-9,12H,4-5H2,1-3H3,(H3,14,15);4-9,12H,1-3H3,(H3,14,15);4-9H,3H2,1-2H3,(H3,13,14);4-7,10,17H,3H2,1-2H3,(H3,12,13);3-6,9,15-16H,1-2H2,(H3,10,11)(H2,17,18,19);1H/q2*+1;;;;/b;5-4+;;;;. The second-order valence-corrected chi connectivity index (χ2v) is 32.6. The SMILES string of the molecule is CC1(C)OC2C(C=O)CC(n3cnc(C(=N)N)n3)C2O1.CC1(C)OC2C(CO)OC(n3cnc(C(=N)N)n3)C2O1.C[P+](=O)/C=C/C1OC(n2cnc(C(=N)N)n2)C2OC(C)(C)OC12.C[P+](=O)CCC1OC(n2cnc(C(=N)N)n2)C2OC(C)(C)OC12.Cl.N=C(N)c1ncn(C2OC(CCP(=O)(O)O)C(O)C2O)n1. The molecule has 5 aromatic rings. The van der Waals surface area contributed by atoms with E-state index in [1.807, 2.05) is 41.5 Å². The van der Waals surface area contributed by atoms with Crippen molar-refractivity contribution in [2.24, 2.45) is 34.6 Å². The Balaban J connectivity index is 0.000000156. The number of nitrogen functional groups attached to an aromatic ring is 5. The lowest BCUT2D eigenvalue weighted by Gasteiger charge is -2.23. The molecule has 0 spiro atoms. The molecule has 22 atom stereocenters. The maximum Gasteiger partial charge on any atom is 0.365 e. The smallest absolute Gasteiger partial charge is 0.365 e. The van der Waals surface area contributed by atoms with Gasteiger partial charge in [-0.25, -0.2) is 48.3 Å². The summed E-state index contributed by atoms with van der Waals surface area (Å²) >= 11 is 0. The van der Waals surface area contributed by atoms with Crippen LogP contribution in [0.4, 0.5) is 0 Å². The van der Waals surface area contributed by atoms with E-state index in [2.05, 4.69) is 50.4 Å². The van der Waals surface area contributed by atoms with Crippen molar-refractivity contribution in [3.05, 3.63) is 72.7 Å². The number of aliphatic hydroxyl groups excluding tert-OH is 3. The molecule has 50 heteroatoms. The Morgan fingerprint density at radius 1 is 0.519 bits per heavy atom. The molecule has 0 radical (unpaired) electrons. The van der Waals surface area contributed by atoms with Gasteiger partial charge in [0.15, 0.2) is 83.1 Å². The van der Waals surface area contributed by atoms with Crippen LogP contribution in [-0.4, -0.2) is 275 Å². The Labute approximate surface area is 623 Å². The number of aldehydes is 1. The fraction of sp³-hybridized carbons (Fsp3) is 0.690. The average Bonchev–Trinajstić information content (AvgIpc) is 1.63. The quantitative estimate of drug-likeness (QED) is 0.0188. The van der Waals surface area contributed by atoms with E-state index in [-0.39, 0.29) is 138 Å². The van der Waals surface area contributed by atoms with Gasteiger partial charge in [-0.2, -0.15) is 0 Å². The zero-order valence-electron chi connectivity index (χ0n) is 60.0. The fourth-order valence-corrected chi connectivity index (χ4v) is 14.7. The highest BCUT2D eigenvalue weighted by atomic mass is 35.5.